The van der Waals surface area contributed by atoms with Crippen LogP contribution < -0.4 is 26.4 Å². The number of nitrogens with one attached hydrogen (secondary N) is 3. The molecule has 2 aromatic rings. The van der Waals surface area contributed by atoms with Gasteiger partial charge < -0.3 is 31.2 Å². The Bertz CT molecular complexity index is 996. The maximum Gasteiger partial charge on any atom is 0.251 e. The lowest BCUT2D eigenvalue weighted by atomic mass is 9.97. The number of allylic oxidation sites excluding steroid dienone is 1. The van der Waals surface area contributed by atoms with Crippen LogP contribution in [-0.2, 0) is 9.53 Å². The van der Waals surface area contributed by atoms with Gasteiger partial charge in [0.15, 0.2) is 0 Å². The van der Waals surface area contributed by atoms with Crippen molar-refractivity contribution in [3.05, 3.63) is 58.8 Å². The molecule has 178 valence electrons. The Morgan fingerprint density at radius 1 is 1.06 bits per heavy atom. The Kier molecular flexibility index (Phi) is 9.75. The number of amides is 2. The van der Waals surface area contributed by atoms with Crippen molar-refractivity contribution in [1.82, 2.24) is 10.6 Å². The Morgan fingerprint density at radius 2 is 1.76 bits per heavy atom. The third-order valence-corrected chi connectivity index (χ3v) is 5.17. The third kappa shape index (κ3) is 6.98. The first-order valence-electron chi connectivity index (χ1n) is 10.9. The van der Waals surface area contributed by atoms with E-state index in [1.54, 1.807) is 14.0 Å². The number of hydrogen-bond donors (Lipinski definition) is 4. The van der Waals surface area contributed by atoms with Crippen molar-refractivity contribution >= 4 is 17.5 Å². The van der Waals surface area contributed by atoms with Gasteiger partial charge in [-0.2, -0.15) is 0 Å². The monoisotopic (exact) mass is 454 g/mol. The average Bonchev–Trinajstić information content (AvgIpc) is 2.80. The van der Waals surface area contributed by atoms with Crippen LogP contribution in [0.4, 0.5) is 5.69 Å². The number of anilines is 1. The lowest BCUT2D eigenvalue weighted by molar-refractivity contribution is -0.117. The molecule has 0 radical (unpaired) electrons. The van der Waals surface area contributed by atoms with Gasteiger partial charge in [-0.15, -0.1) is 0 Å². The van der Waals surface area contributed by atoms with E-state index in [4.69, 9.17) is 15.2 Å². The van der Waals surface area contributed by atoms with Crippen LogP contribution in [0.15, 0.2) is 47.7 Å². The van der Waals surface area contributed by atoms with E-state index in [1.807, 2.05) is 50.2 Å². The summed E-state index contributed by atoms with van der Waals surface area (Å²) in [6, 6.07) is 11.6. The predicted octanol–water partition coefficient (Wildman–Crippen LogP) is 2.83. The first kappa shape index (κ1) is 25.7. The summed E-state index contributed by atoms with van der Waals surface area (Å²) in [5, 5.41) is 8.69. The molecule has 0 aliphatic heterocycles. The molecule has 0 heterocycles. The van der Waals surface area contributed by atoms with Gasteiger partial charge in [-0.25, -0.2) is 0 Å². The zero-order valence-corrected chi connectivity index (χ0v) is 20.0. The van der Waals surface area contributed by atoms with Crippen molar-refractivity contribution < 1.29 is 19.1 Å². The molecule has 0 atom stereocenters. The van der Waals surface area contributed by atoms with Crippen LogP contribution >= 0.6 is 0 Å². The van der Waals surface area contributed by atoms with Crippen molar-refractivity contribution in [1.29, 1.82) is 0 Å². The molecule has 8 nitrogen and oxygen atoms in total. The fourth-order valence-electron chi connectivity index (χ4n) is 3.29. The van der Waals surface area contributed by atoms with Crippen molar-refractivity contribution in [2.24, 2.45) is 5.73 Å². The number of methoxy groups -OCH3 is 1. The van der Waals surface area contributed by atoms with E-state index in [0.29, 0.717) is 36.6 Å². The van der Waals surface area contributed by atoms with E-state index in [-0.39, 0.29) is 18.4 Å². The zero-order valence-electron chi connectivity index (χ0n) is 20.0. The highest BCUT2D eigenvalue weighted by Gasteiger charge is 2.17. The quantitative estimate of drug-likeness (QED) is 0.307. The van der Waals surface area contributed by atoms with Crippen LogP contribution in [0, 0.1) is 6.92 Å². The summed E-state index contributed by atoms with van der Waals surface area (Å²) in [4.78, 5) is 25.1. The summed E-state index contributed by atoms with van der Waals surface area (Å²) in [6.45, 7) is 7.28. The molecule has 0 aromatic heterocycles. The fraction of sp³-hybridized carbons (Fsp3) is 0.360. The first-order chi connectivity index (χ1) is 15.8. The van der Waals surface area contributed by atoms with Gasteiger partial charge in [-0.3, -0.25) is 9.59 Å². The summed E-state index contributed by atoms with van der Waals surface area (Å²) in [5.41, 5.74) is 10.6. The molecule has 5 N–H and O–H groups in total. The molecule has 0 fully saturated rings. The number of nitrogens with two attached hydrogens (primary N) is 1. The van der Waals surface area contributed by atoms with Gasteiger partial charge >= 0.3 is 0 Å². The topological polar surface area (TPSA) is 115 Å². The van der Waals surface area contributed by atoms with Gasteiger partial charge in [-0.1, -0.05) is 12.1 Å². The van der Waals surface area contributed by atoms with Crippen molar-refractivity contribution in [2.45, 2.75) is 20.8 Å². The summed E-state index contributed by atoms with van der Waals surface area (Å²) in [7, 11) is 3.16. The van der Waals surface area contributed by atoms with Crippen LogP contribution in [0.5, 0.6) is 5.75 Å². The lowest BCUT2D eigenvalue weighted by Gasteiger charge is -2.16. The van der Waals surface area contributed by atoms with Gasteiger partial charge in [0.25, 0.3) is 5.91 Å². The number of carbonyl (C=O) groups is 2. The summed E-state index contributed by atoms with van der Waals surface area (Å²) < 4.78 is 10.6. The number of likely N-dealkylation sites (N-methyl/N-ethyl adjacent to an activating group) is 1. The smallest absolute Gasteiger partial charge is 0.251 e. The van der Waals surface area contributed by atoms with Gasteiger partial charge in [0.05, 0.1) is 18.7 Å². The fourth-order valence-corrected chi connectivity index (χ4v) is 3.29. The molecular formula is C25H34N4O4. The molecule has 2 rings (SSSR count). The Balaban J connectivity index is 2.32. The SMILES string of the molecule is CCNc1cc(-c2ccc(OCCOC)cc2)cc(C(=O)NC/C(C(=O)NC)=C(\C)N)c1C. The van der Waals surface area contributed by atoms with Crippen LogP contribution in [0.25, 0.3) is 11.1 Å². The van der Waals surface area contributed by atoms with Crippen LogP contribution in [0.2, 0.25) is 0 Å². The minimum atomic E-state index is -0.318. The highest BCUT2D eigenvalue weighted by molar-refractivity contribution is 6.00. The van der Waals surface area contributed by atoms with E-state index >= 15 is 0 Å². The normalized spacial score (nSPS) is 11.4. The van der Waals surface area contributed by atoms with E-state index in [9.17, 15) is 9.59 Å². The molecule has 0 aliphatic carbocycles. The average molecular weight is 455 g/mol. The van der Waals surface area contributed by atoms with E-state index in [1.165, 1.54) is 7.05 Å². The summed E-state index contributed by atoms with van der Waals surface area (Å²) in [5.74, 6) is 0.149. The predicted molar refractivity (Wildman–Crippen MR) is 131 cm³/mol. The maximum atomic E-state index is 13.1. The van der Waals surface area contributed by atoms with E-state index in [0.717, 1.165) is 28.1 Å². The highest BCUT2D eigenvalue weighted by atomic mass is 16.5. The van der Waals surface area contributed by atoms with Crippen LogP contribution in [0.1, 0.15) is 29.8 Å². The lowest BCUT2D eigenvalue weighted by Crippen LogP contribution is -2.33. The molecule has 2 amide bonds. The number of benzene rings is 2. The van der Waals surface area contributed by atoms with Gasteiger partial charge in [0.1, 0.15) is 12.4 Å². The summed E-state index contributed by atoms with van der Waals surface area (Å²) in [6.07, 6.45) is 0. The second-order valence-electron chi connectivity index (χ2n) is 7.52. The zero-order chi connectivity index (χ0) is 24.4. The first-order valence-corrected chi connectivity index (χ1v) is 10.9. The van der Waals surface area contributed by atoms with Gasteiger partial charge in [0, 0.05) is 37.7 Å². The Morgan fingerprint density at radius 3 is 2.33 bits per heavy atom. The van der Waals surface area contributed by atoms with E-state index in [2.05, 4.69) is 16.0 Å². The molecule has 0 bridgehead atoms. The molecule has 8 heteroatoms. The molecule has 0 aliphatic rings. The standard InChI is InChI=1S/C25H34N4O4/c1-6-28-23-14-19(18-7-9-20(10-8-18)33-12-11-32-5)13-21(16(23)2)25(31)29-15-22(17(3)26)24(30)27-4/h7-10,13-14,28H,6,11-12,15,26H2,1-5H3,(H,27,30)(H,29,31)/b22-17-. The number of hydrogen-bond acceptors (Lipinski definition) is 6. The minimum Gasteiger partial charge on any atom is -0.491 e. The van der Waals surface area contributed by atoms with Gasteiger partial charge in [0.2, 0.25) is 5.91 Å². The molecule has 33 heavy (non-hydrogen) atoms. The number of ether oxygens (including phenoxy) is 2. The summed E-state index contributed by atoms with van der Waals surface area (Å²) >= 11 is 0. The van der Waals surface area contributed by atoms with Crippen LogP contribution in [-0.4, -0.2) is 52.3 Å². The molecule has 0 saturated heterocycles. The molecular weight excluding hydrogens is 420 g/mol. The second kappa shape index (κ2) is 12.5. The Hall–Kier alpha value is -3.52. The molecule has 2 aromatic carbocycles. The minimum absolute atomic E-state index is 0.0363. The number of rotatable bonds is 11. The van der Waals surface area contributed by atoms with E-state index < -0.39 is 0 Å². The number of carbonyl (C=O) groups excluding carboxylic acids is 2. The van der Waals surface area contributed by atoms with Crippen molar-refractivity contribution in [3.63, 3.8) is 0 Å². The third-order valence-electron chi connectivity index (χ3n) is 5.17. The molecule has 0 saturated carbocycles. The highest BCUT2D eigenvalue weighted by Crippen LogP contribution is 2.30. The second-order valence-corrected chi connectivity index (χ2v) is 7.52. The van der Waals surface area contributed by atoms with Crippen LogP contribution in [0.3, 0.4) is 0 Å². The van der Waals surface area contributed by atoms with Crippen molar-refractivity contribution in [3.8, 4) is 16.9 Å². The molecule has 0 unspecified atom stereocenters. The largest absolute Gasteiger partial charge is 0.491 e. The molecule has 0 spiro atoms. The van der Waals surface area contributed by atoms with Crippen molar-refractivity contribution in [2.75, 3.05) is 45.8 Å². The maximum absolute atomic E-state index is 13.1. The Labute approximate surface area is 195 Å². The van der Waals surface area contributed by atoms with Gasteiger partial charge in [-0.05, 0) is 61.7 Å².